The summed E-state index contributed by atoms with van der Waals surface area (Å²) in [5.74, 6) is -0.583. The number of hydrogen-bond acceptors (Lipinski definition) is 1. The first-order valence-electron chi connectivity index (χ1n) is 7.09. The molecule has 0 aliphatic heterocycles. The molecule has 2 atom stereocenters. The van der Waals surface area contributed by atoms with Crippen LogP contribution in [0.1, 0.15) is 50.5 Å². The van der Waals surface area contributed by atoms with Crippen molar-refractivity contribution in [3.63, 3.8) is 0 Å². The summed E-state index contributed by atoms with van der Waals surface area (Å²) < 4.78 is 0. The first-order valence-corrected chi connectivity index (χ1v) is 7.09. The van der Waals surface area contributed by atoms with Gasteiger partial charge in [-0.2, -0.15) is 0 Å². The van der Waals surface area contributed by atoms with Gasteiger partial charge in [0.2, 0.25) is 0 Å². The zero-order valence-corrected chi connectivity index (χ0v) is 11.7. The molecule has 2 heteroatoms. The van der Waals surface area contributed by atoms with Crippen LogP contribution in [0.2, 0.25) is 0 Å². The van der Waals surface area contributed by atoms with Gasteiger partial charge in [0, 0.05) is 0 Å². The van der Waals surface area contributed by atoms with Crippen LogP contribution in [0.5, 0.6) is 0 Å². The van der Waals surface area contributed by atoms with Crippen molar-refractivity contribution in [3.05, 3.63) is 48.6 Å². The third-order valence-electron chi connectivity index (χ3n) is 3.56. The molecule has 1 rings (SSSR count). The van der Waals surface area contributed by atoms with E-state index in [9.17, 15) is 9.90 Å². The van der Waals surface area contributed by atoms with Crippen LogP contribution in [0.3, 0.4) is 0 Å². The van der Waals surface area contributed by atoms with Gasteiger partial charge in [0.15, 0.2) is 0 Å². The molecule has 1 aromatic rings. The molecule has 0 amide bonds. The molecule has 0 radical (unpaired) electrons. The van der Waals surface area contributed by atoms with Crippen molar-refractivity contribution in [2.45, 2.75) is 44.9 Å². The molecule has 0 aliphatic rings. The van der Waals surface area contributed by atoms with Gasteiger partial charge in [0.1, 0.15) is 0 Å². The lowest BCUT2D eigenvalue weighted by Crippen LogP contribution is -2.12. The average molecular weight is 260 g/mol. The maximum absolute atomic E-state index is 11.4. The van der Waals surface area contributed by atoms with Gasteiger partial charge < -0.3 is 5.11 Å². The largest absolute Gasteiger partial charge is 0.481 e. The van der Waals surface area contributed by atoms with Gasteiger partial charge in [-0.15, -0.1) is 6.58 Å². The van der Waals surface area contributed by atoms with Gasteiger partial charge in [-0.3, -0.25) is 4.79 Å². The number of aliphatic carboxylic acids is 1. The van der Waals surface area contributed by atoms with Crippen molar-refractivity contribution < 1.29 is 9.90 Å². The standard InChI is InChI=1S/C17H24O2/c1-3-9-14(4-2)10-8-13-16(17(18)19)15-11-6-5-7-12-15/h4-7,11-12,14,16H,2-3,8-10,13H2,1H3,(H,18,19). The number of benzene rings is 1. The van der Waals surface area contributed by atoms with Gasteiger partial charge in [0.05, 0.1) is 5.92 Å². The second-order valence-corrected chi connectivity index (χ2v) is 5.02. The van der Waals surface area contributed by atoms with Gasteiger partial charge >= 0.3 is 5.97 Å². The van der Waals surface area contributed by atoms with Crippen LogP contribution in [0, 0.1) is 5.92 Å². The zero-order chi connectivity index (χ0) is 14.1. The molecular weight excluding hydrogens is 236 g/mol. The summed E-state index contributed by atoms with van der Waals surface area (Å²) in [6, 6.07) is 9.51. The number of carbonyl (C=O) groups is 1. The third-order valence-corrected chi connectivity index (χ3v) is 3.56. The van der Waals surface area contributed by atoms with Crippen LogP contribution >= 0.6 is 0 Å². The molecule has 1 aromatic carbocycles. The molecular formula is C17H24O2. The number of allylic oxidation sites excluding steroid dienone is 1. The van der Waals surface area contributed by atoms with E-state index < -0.39 is 5.97 Å². The van der Waals surface area contributed by atoms with E-state index in [4.69, 9.17) is 0 Å². The van der Waals surface area contributed by atoms with E-state index in [1.807, 2.05) is 36.4 Å². The summed E-state index contributed by atoms with van der Waals surface area (Å²) in [6.07, 6.45) is 6.97. The summed E-state index contributed by atoms with van der Waals surface area (Å²) in [5, 5.41) is 9.33. The van der Waals surface area contributed by atoms with E-state index in [2.05, 4.69) is 13.5 Å². The Morgan fingerprint density at radius 1 is 1.26 bits per heavy atom. The smallest absolute Gasteiger partial charge is 0.310 e. The number of rotatable bonds is 9. The minimum atomic E-state index is -0.725. The second-order valence-electron chi connectivity index (χ2n) is 5.02. The van der Waals surface area contributed by atoms with Gasteiger partial charge in [-0.25, -0.2) is 0 Å². The molecule has 2 unspecified atom stereocenters. The molecule has 0 saturated heterocycles. The molecule has 0 heterocycles. The highest BCUT2D eigenvalue weighted by Crippen LogP contribution is 2.25. The number of carboxylic acid groups (broad SMARTS) is 1. The molecule has 0 saturated carbocycles. The molecule has 0 aromatic heterocycles. The molecule has 2 nitrogen and oxygen atoms in total. The molecule has 104 valence electrons. The van der Waals surface area contributed by atoms with Crippen LogP contribution in [-0.2, 0) is 4.79 Å². The van der Waals surface area contributed by atoms with E-state index in [0.717, 1.165) is 31.2 Å². The summed E-state index contributed by atoms with van der Waals surface area (Å²) >= 11 is 0. The first kappa shape index (κ1) is 15.5. The van der Waals surface area contributed by atoms with E-state index in [-0.39, 0.29) is 5.92 Å². The lowest BCUT2D eigenvalue weighted by atomic mass is 9.90. The Bertz CT molecular complexity index is 384. The predicted octanol–water partition coefficient (Wildman–Crippen LogP) is 4.63. The normalized spacial score (nSPS) is 13.7. The SMILES string of the molecule is C=CC(CCC)CCCC(C(=O)O)c1ccccc1. The van der Waals surface area contributed by atoms with Gasteiger partial charge in [-0.05, 0) is 30.7 Å². The average Bonchev–Trinajstić information content (AvgIpc) is 2.42. The Morgan fingerprint density at radius 2 is 1.95 bits per heavy atom. The maximum Gasteiger partial charge on any atom is 0.310 e. The molecule has 0 aliphatic carbocycles. The van der Waals surface area contributed by atoms with E-state index >= 15 is 0 Å². The lowest BCUT2D eigenvalue weighted by Gasteiger charge is -2.15. The van der Waals surface area contributed by atoms with Crippen molar-refractivity contribution in [3.8, 4) is 0 Å². The highest BCUT2D eigenvalue weighted by atomic mass is 16.4. The van der Waals surface area contributed by atoms with Crippen LogP contribution in [0.15, 0.2) is 43.0 Å². The summed E-state index contributed by atoms with van der Waals surface area (Å²) in [5.41, 5.74) is 0.903. The summed E-state index contributed by atoms with van der Waals surface area (Å²) in [6.45, 7) is 6.02. The quantitative estimate of drug-likeness (QED) is 0.657. The second kappa shape index (κ2) is 8.52. The zero-order valence-electron chi connectivity index (χ0n) is 11.7. The van der Waals surface area contributed by atoms with Crippen molar-refractivity contribution in [2.24, 2.45) is 5.92 Å². The van der Waals surface area contributed by atoms with Crippen LogP contribution < -0.4 is 0 Å². The monoisotopic (exact) mass is 260 g/mol. The fraction of sp³-hybridized carbons (Fsp3) is 0.471. The molecule has 19 heavy (non-hydrogen) atoms. The molecule has 0 spiro atoms. The predicted molar refractivity (Wildman–Crippen MR) is 79.3 cm³/mol. The number of carboxylic acids is 1. The van der Waals surface area contributed by atoms with Crippen LogP contribution in [-0.4, -0.2) is 11.1 Å². The Kier molecular flexibility index (Phi) is 6.94. The van der Waals surface area contributed by atoms with Crippen LogP contribution in [0.25, 0.3) is 0 Å². The third kappa shape index (κ3) is 5.29. The topological polar surface area (TPSA) is 37.3 Å². The summed E-state index contributed by atoms with van der Waals surface area (Å²) in [4.78, 5) is 11.4. The lowest BCUT2D eigenvalue weighted by molar-refractivity contribution is -0.139. The van der Waals surface area contributed by atoms with E-state index in [0.29, 0.717) is 12.3 Å². The molecule has 1 N–H and O–H groups in total. The van der Waals surface area contributed by atoms with E-state index in [1.54, 1.807) is 0 Å². The summed E-state index contributed by atoms with van der Waals surface area (Å²) in [7, 11) is 0. The Hall–Kier alpha value is -1.57. The van der Waals surface area contributed by atoms with E-state index in [1.165, 1.54) is 0 Å². The van der Waals surface area contributed by atoms with Crippen molar-refractivity contribution in [1.82, 2.24) is 0 Å². The highest BCUT2D eigenvalue weighted by molar-refractivity contribution is 5.75. The maximum atomic E-state index is 11.4. The van der Waals surface area contributed by atoms with Gasteiger partial charge in [0.25, 0.3) is 0 Å². The minimum Gasteiger partial charge on any atom is -0.481 e. The molecule has 0 fully saturated rings. The Labute approximate surface area is 116 Å². The first-order chi connectivity index (χ1) is 9.19. The fourth-order valence-electron chi connectivity index (χ4n) is 2.45. The van der Waals surface area contributed by atoms with Gasteiger partial charge in [-0.1, -0.05) is 56.2 Å². The minimum absolute atomic E-state index is 0.381. The number of hydrogen-bond donors (Lipinski definition) is 1. The van der Waals surface area contributed by atoms with Crippen molar-refractivity contribution in [2.75, 3.05) is 0 Å². The van der Waals surface area contributed by atoms with Crippen molar-refractivity contribution in [1.29, 1.82) is 0 Å². The highest BCUT2D eigenvalue weighted by Gasteiger charge is 2.19. The Balaban J connectivity index is 2.52. The van der Waals surface area contributed by atoms with Crippen molar-refractivity contribution >= 4 is 5.97 Å². The Morgan fingerprint density at radius 3 is 2.47 bits per heavy atom. The van der Waals surface area contributed by atoms with Crippen LogP contribution in [0.4, 0.5) is 0 Å². The molecule has 0 bridgehead atoms. The fourth-order valence-corrected chi connectivity index (χ4v) is 2.45.